The lowest BCUT2D eigenvalue weighted by atomic mass is 10.0. The summed E-state index contributed by atoms with van der Waals surface area (Å²) in [5.74, 6) is 1.50. The van der Waals surface area contributed by atoms with Crippen molar-refractivity contribution < 1.29 is 9.47 Å². The van der Waals surface area contributed by atoms with Gasteiger partial charge in [-0.05, 0) is 38.0 Å². The Morgan fingerprint density at radius 3 is 2.94 bits per heavy atom. The summed E-state index contributed by atoms with van der Waals surface area (Å²) in [5.41, 5.74) is 2.31. The average Bonchev–Trinajstić information content (AvgIpc) is 2.83. The van der Waals surface area contributed by atoms with E-state index in [1.807, 2.05) is 6.07 Å². The monoisotopic (exact) mass is 235 g/mol. The van der Waals surface area contributed by atoms with Crippen LogP contribution in [-0.2, 0) is 4.74 Å². The minimum absolute atomic E-state index is 0.410. The summed E-state index contributed by atoms with van der Waals surface area (Å²) in [6, 6.07) is 6.61. The van der Waals surface area contributed by atoms with E-state index in [4.69, 9.17) is 9.47 Å². The Balaban J connectivity index is 2.08. The third-order valence-electron chi connectivity index (χ3n) is 3.41. The van der Waals surface area contributed by atoms with Crippen molar-refractivity contribution in [2.75, 3.05) is 25.6 Å². The number of aryl methyl sites for hydroxylation is 1. The van der Waals surface area contributed by atoms with Gasteiger partial charge in [-0.3, -0.25) is 0 Å². The lowest BCUT2D eigenvalue weighted by Crippen LogP contribution is -2.26. The summed E-state index contributed by atoms with van der Waals surface area (Å²) in [5, 5.41) is 3.54. The van der Waals surface area contributed by atoms with Crippen LogP contribution >= 0.6 is 0 Å². The third kappa shape index (κ3) is 2.91. The molecule has 1 aliphatic rings. The molecule has 2 unspecified atom stereocenters. The summed E-state index contributed by atoms with van der Waals surface area (Å²) >= 11 is 0. The van der Waals surface area contributed by atoms with E-state index in [0.717, 1.165) is 31.1 Å². The van der Waals surface area contributed by atoms with E-state index in [1.165, 1.54) is 5.56 Å². The zero-order valence-corrected chi connectivity index (χ0v) is 10.8. The maximum atomic E-state index is 5.42. The van der Waals surface area contributed by atoms with Gasteiger partial charge in [0.15, 0.2) is 0 Å². The Kier molecular flexibility index (Phi) is 3.89. The fourth-order valence-corrected chi connectivity index (χ4v) is 2.24. The van der Waals surface area contributed by atoms with E-state index in [0.29, 0.717) is 12.0 Å². The number of anilines is 1. The van der Waals surface area contributed by atoms with Crippen molar-refractivity contribution in [3.8, 4) is 5.75 Å². The van der Waals surface area contributed by atoms with E-state index < -0.39 is 0 Å². The van der Waals surface area contributed by atoms with Gasteiger partial charge < -0.3 is 14.8 Å². The van der Waals surface area contributed by atoms with E-state index in [2.05, 4.69) is 31.3 Å². The number of hydrogen-bond donors (Lipinski definition) is 1. The molecule has 0 saturated carbocycles. The molecular formula is C14H21NO2. The molecule has 1 saturated heterocycles. The van der Waals surface area contributed by atoms with Gasteiger partial charge in [-0.25, -0.2) is 0 Å². The molecule has 1 aliphatic heterocycles. The zero-order chi connectivity index (χ0) is 12.3. The number of rotatable bonds is 4. The number of benzene rings is 1. The summed E-state index contributed by atoms with van der Waals surface area (Å²) in [7, 11) is 1.71. The van der Waals surface area contributed by atoms with Crippen LogP contribution in [0.15, 0.2) is 18.2 Å². The number of nitrogens with one attached hydrogen (secondary N) is 1. The minimum atomic E-state index is 0.410. The topological polar surface area (TPSA) is 30.5 Å². The first-order chi connectivity index (χ1) is 8.20. The first-order valence-electron chi connectivity index (χ1n) is 6.19. The minimum Gasteiger partial charge on any atom is -0.495 e. The molecule has 2 atom stereocenters. The highest BCUT2D eigenvalue weighted by atomic mass is 16.5. The smallest absolute Gasteiger partial charge is 0.141 e. The largest absolute Gasteiger partial charge is 0.495 e. The van der Waals surface area contributed by atoms with Gasteiger partial charge in [0.1, 0.15) is 5.75 Å². The van der Waals surface area contributed by atoms with Crippen LogP contribution in [0.5, 0.6) is 5.75 Å². The van der Waals surface area contributed by atoms with E-state index >= 15 is 0 Å². The molecular weight excluding hydrogens is 214 g/mol. The van der Waals surface area contributed by atoms with Gasteiger partial charge >= 0.3 is 0 Å². The highest BCUT2D eigenvalue weighted by molar-refractivity contribution is 5.58. The van der Waals surface area contributed by atoms with Crippen molar-refractivity contribution in [1.29, 1.82) is 0 Å². The van der Waals surface area contributed by atoms with Crippen LogP contribution in [0.25, 0.3) is 0 Å². The molecule has 1 heterocycles. The second-order valence-corrected chi connectivity index (χ2v) is 4.76. The first-order valence-corrected chi connectivity index (χ1v) is 6.19. The Bertz CT molecular complexity index is 372. The molecule has 94 valence electrons. The third-order valence-corrected chi connectivity index (χ3v) is 3.41. The Hall–Kier alpha value is -1.22. The maximum absolute atomic E-state index is 5.42. The molecule has 0 amide bonds. The van der Waals surface area contributed by atoms with Crippen LogP contribution in [0.1, 0.15) is 18.9 Å². The predicted molar refractivity (Wildman–Crippen MR) is 69.7 cm³/mol. The molecule has 0 bridgehead atoms. The molecule has 1 fully saturated rings. The van der Waals surface area contributed by atoms with Gasteiger partial charge in [0.05, 0.1) is 19.4 Å². The van der Waals surface area contributed by atoms with Crippen LogP contribution in [-0.4, -0.2) is 26.4 Å². The average molecular weight is 235 g/mol. The fourth-order valence-electron chi connectivity index (χ4n) is 2.24. The summed E-state index contributed by atoms with van der Waals surface area (Å²) in [4.78, 5) is 0. The summed E-state index contributed by atoms with van der Waals surface area (Å²) in [6.45, 7) is 6.05. The second-order valence-electron chi connectivity index (χ2n) is 4.76. The van der Waals surface area contributed by atoms with Crippen molar-refractivity contribution in [2.24, 2.45) is 5.92 Å². The van der Waals surface area contributed by atoms with Crippen molar-refractivity contribution >= 4 is 5.69 Å². The Labute approximate surface area is 103 Å². The predicted octanol–water partition coefficient (Wildman–Crippen LogP) is 2.84. The fraction of sp³-hybridized carbons (Fsp3) is 0.571. The van der Waals surface area contributed by atoms with E-state index in [-0.39, 0.29) is 0 Å². The lowest BCUT2D eigenvalue weighted by molar-refractivity contribution is 0.183. The van der Waals surface area contributed by atoms with Gasteiger partial charge in [0, 0.05) is 18.6 Å². The van der Waals surface area contributed by atoms with Gasteiger partial charge in [-0.15, -0.1) is 0 Å². The van der Waals surface area contributed by atoms with Crippen LogP contribution < -0.4 is 10.1 Å². The van der Waals surface area contributed by atoms with E-state index in [1.54, 1.807) is 7.11 Å². The summed E-state index contributed by atoms with van der Waals surface area (Å²) < 4.78 is 10.8. The highest BCUT2D eigenvalue weighted by Gasteiger charge is 2.22. The second kappa shape index (κ2) is 5.41. The summed E-state index contributed by atoms with van der Waals surface area (Å²) in [6.07, 6.45) is 1.14. The van der Waals surface area contributed by atoms with Crippen LogP contribution in [0.2, 0.25) is 0 Å². The van der Waals surface area contributed by atoms with Crippen molar-refractivity contribution in [3.05, 3.63) is 23.8 Å². The van der Waals surface area contributed by atoms with Crippen LogP contribution in [0, 0.1) is 12.8 Å². The standard InChI is InChI=1S/C14H21NO2/c1-10-4-5-14(16-3)13(8-10)15-11(2)12-6-7-17-9-12/h4-5,8,11-12,15H,6-7,9H2,1-3H3. The molecule has 0 aliphatic carbocycles. The van der Waals surface area contributed by atoms with Gasteiger partial charge in [-0.2, -0.15) is 0 Å². The Morgan fingerprint density at radius 2 is 2.29 bits per heavy atom. The molecule has 3 nitrogen and oxygen atoms in total. The van der Waals surface area contributed by atoms with Gasteiger partial charge in [-0.1, -0.05) is 6.07 Å². The van der Waals surface area contributed by atoms with Gasteiger partial charge in [0.25, 0.3) is 0 Å². The van der Waals surface area contributed by atoms with Crippen molar-refractivity contribution in [1.82, 2.24) is 0 Å². The lowest BCUT2D eigenvalue weighted by Gasteiger charge is -2.22. The van der Waals surface area contributed by atoms with Gasteiger partial charge in [0.2, 0.25) is 0 Å². The molecule has 3 heteroatoms. The van der Waals surface area contributed by atoms with Crippen molar-refractivity contribution in [2.45, 2.75) is 26.3 Å². The van der Waals surface area contributed by atoms with Crippen LogP contribution in [0.3, 0.4) is 0 Å². The number of methoxy groups -OCH3 is 1. The number of ether oxygens (including phenoxy) is 2. The van der Waals surface area contributed by atoms with Crippen molar-refractivity contribution in [3.63, 3.8) is 0 Å². The number of hydrogen-bond acceptors (Lipinski definition) is 3. The first kappa shape index (κ1) is 12.2. The Morgan fingerprint density at radius 1 is 1.47 bits per heavy atom. The molecule has 17 heavy (non-hydrogen) atoms. The molecule has 0 aromatic heterocycles. The molecule has 1 aromatic carbocycles. The zero-order valence-electron chi connectivity index (χ0n) is 10.8. The quantitative estimate of drug-likeness (QED) is 0.870. The normalized spacial score (nSPS) is 21.2. The molecule has 1 N–H and O–H groups in total. The van der Waals surface area contributed by atoms with Crippen LogP contribution in [0.4, 0.5) is 5.69 Å². The highest BCUT2D eigenvalue weighted by Crippen LogP contribution is 2.28. The maximum Gasteiger partial charge on any atom is 0.141 e. The molecule has 1 aromatic rings. The molecule has 2 rings (SSSR count). The molecule has 0 spiro atoms. The SMILES string of the molecule is COc1ccc(C)cc1NC(C)C1CCOC1. The molecule has 0 radical (unpaired) electrons. The van der Waals surface area contributed by atoms with E-state index in [9.17, 15) is 0 Å².